The maximum absolute atomic E-state index is 5.83. The van der Waals surface area contributed by atoms with E-state index >= 15 is 0 Å². The van der Waals surface area contributed by atoms with Crippen molar-refractivity contribution in [2.45, 2.75) is 51.7 Å². The van der Waals surface area contributed by atoms with Gasteiger partial charge < -0.3 is 4.43 Å². The zero-order valence-electron chi connectivity index (χ0n) is 8.73. The maximum atomic E-state index is 5.83. The second-order valence-corrected chi connectivity index (χ2v) is 9.41. The fourth-order valence-corrected chi connectivity index (χ4v) is 2.56. The molecule has 0 aliphatic heterocycles. The molecule has 0 bridgehead atoms. The standard InChI is InChI=1S/C10H22OSi/c1-12(2,3)11-9-8-10-6-4-5-7-10/h10H,4-9H2,1-3H3. The highest BCUT2D eigenvalue weighted by Gasteiger charge is 2.17. The molecular formula is C10H22OSi. The molecule has 0 aromatic heterocycles. The molecule has 1 aliphatic carbocycles. The van der Waals surface area contributed by atoms with Gasteiger partial charge in [-0.3, -0.25) is 0 Å². The fourth-order valence-electron chi connectivity index (χ4n) is 1.83. The first-order chi connectivity index (χ1) is 5.58. The van der Waals surface area contributed by atoms with E-state index in [1.165, 1.54) is 32.1 Å². The summed E-state index contributed by atoms with van der Waals surface area (Å²) >= 11 is 0. The van der Waals surface area contributed by atoms with E-state index in [4.69, 9.17) is 4.43 Å². The van der Waals surface area contributed by atoms with Gasteiger partial charge in [0.25, 0.3) is 0 Å². The molecule has 0 N–H and O–H groups in total. The van der Waals surface area contributed by atoms with E-state index in [1.807, 2.05) is 0 Å². The van der Waals surface area contributed by atoms with E-state index in [0.29, 0.717) is 0 Å². The minimum Gasteiger partial charge on any atom is -0.418 e. The zero-order valence-corrected chi connectivity index (χ0v) is 9.73. The Morgan fingerprint density at radius 2 is 1.75 bits per heavy atom. The van der Waals surface area contributed by atoms with E-state index in [9.17, 15) is 0 Å². The number of hydrogen-bond donors (Lipinski definition) is 0. The summed E-state index contributed by atoms with van der Waals surface area (Å²) < 4.78 is 5.83. The van der Waals surface area contributed by atoms with Crippen LogP contribution in [0.5, 0.6) is 0 Å². The van der Waals surface area contributed by atoms with Crippen molar-refractivity contribution in [2.75, 3.05) is 6.61 Å². The Kier molecular flexibility index (Phi) is 3.78. The van der Waals surface area contributed by atoms with Gasteiger partial charge in [-0.05, 0) is 32.0 Å². The summed E-state index contributed by atoms with van der Waals surface area (Å²) in [6.45, 7) is 7.81. The van der Waals surface area contributed by atoms with Crippen molar-refractivity contribution in [1.82, 2.24) is 0 Å². The van der Waals surface area contributed by atoms with Crippen LogP contribution in [0.15, 0.2) is 0 Å². The van der Waals surface area contributed by atoms with E-state index < -0.39 is 8.32 Å². The quantitative estimate of drug-likeness (QED) is 0.611. The van der Waals surface area contributed by atoms with Crippen molar-refractivity contribution in [2.24, 2.45) is 5.92 Å². The second-order valence-electron chi connectivity index (χ2n) is 4.90. The monoisotopic (exact) mass is 186 g/mol. The Labute approximate surface area is 77.6 Å². The lowest BCUT2D eigenvalue weighted by Gasteiger charge is -2.18. The van der Waals surface area contributed by atoms with E-state index in [2.05, 4.69) is 19.6 Å². The summed E-state index contributed by atoms with van der Waals surface area (Å²) in [7, 11) is -1.23. The zero-order chi connectivity index (χ0) is 9.03. The lowest BCUT2D eigenvalue weighted by Crippen LogP contribution is -2.26. The SMILES string of the molecule is C[Si](C)(C)OCCC1CCCC1. The van der Waals surface area contributed by atoms with Crippen molar-refractivity contribution < 1.29 is 4.43 Å². The van der Waals surface area contributed by atoms with Crippen LogP contribution in [0.2, 0.25) is 19.6 Å². The Morgan fingerprint density at radius 1 is 1.17 bits per heavy atom. The molecule has 0 heterocycles. The molecule has 0 saturated heterocycles. The van der Waals surface area contributed by atoms with Gasteiger partial charge in [-0.1, -0.05) is 25.7 Å². The molecule has 0 aromatic rings. The summed E-state index contributed by atoms with van der Waals surface area (Å²) in [5, 5.41) is 0. The van der Waals surface area contributed by atoms with Crippen LogP contribution in [0.1, 0.15) is 32.1 Å². The van der Waals surface area contributed by atoms with Gasteiger partial charge in [-0.25, -0.2) is 0 Å². The molecule has 0 unspecified atom stereocenters. The third kappa shape index (κ3) is 4.26. The molecule has 0 amide bonds. The summed E-state index contributed by atoms with van der Waals surface area (Å²) in [6.07, 6.45) is 7.13. The van der Waals surface area contributed by atoms with Crippen LogP contribution in [0.4, 0.5) is 0 Å². The molecule has 0 spiro atoms. The highest BCUT2D eigenvalue weighted by molar-refractivity contribution is 6.69. The van der Waals surface area contributed by atoms with Crippen molar-refractivity contribution in [1.29, 1.82) is 0 Å². The van der Waals surface area contributed by atoms with E-state index in [-0.39, 0.29) is 0 Å². The van der Waals surface area contributed by atoms with Gasteiger partial charge in [0, 0.05) is 6.61 Å². The Hall–Kier alpha value is 0.177. The van der Waals surface area contributed by atoms with Crippen LogP contribution in [0.3, 0.4) is 0 Å². The van der Waals surface area contributed by atoms with Gasteiger partial charge in [0.05, 0.1) is 0 Å². The minimum absolute atomic E-state index is 0.987. The summed E-state index contributed by atoms with van der Waals surface area (Å²) in [4.78, 5) is 0. The van der Waals surface area contributed by atoms with Crippen LogP contribution < -0.4 is 0 Å². The van der Waals surface area contributed by atoms with Crippen LogP contribution in [0, 0.1) is 5.92 Å². The van der Waals surface area contributed by atoms with Crippen LogP contribution >= 0.6 is 0 Å². The number of rotatable bonds is 4. The van der Waals surface area contributed by atoms with Crippen LogP contribution in [-0.4, -0.2) is 14.9 Å². The normalized spacial score (nSPS) is 20.2. The highest BCUT2D eigenvalue weighted by Crippen LogP contribution is 2.27. The van der Waals surface area contributed by atoms with E-state index in [1.54, 1.807) is 0 Å². The average Bonchev–Trinajstić information content (AvgIpc) is 2.36. The third-order valence-corrected chi connectivity index (χ3v) is 3.61. The van der Waals surface area contributed by atoms with Gasteiger partial charge in [-0.15, -0.1) is 0 Å². The maximum Gasteiger partial charge on any atom is 0.183 e. The first kappa shape index (κ1) is 10.3. The predicted octanol–water partition coefficient (Wildman–Crippen LogP) is 3.42. The lowest BCUT2D eigenvalue weighted by molar-refractivity contribution is 0.273. The Bertz CT molecular complexity index is 122. The van der Waals surface area contributed by atoms with Crippen LogP contribution in [0.25, 0.3) is 0 Å². The summed E-state index contributed by atoms with van der Waals surface area (Å²) in [5.74, 6) is 0.987. The molecule has 72 valence electrons. The van der Waals surface area contributed by atoms with Crippen LogP contribution in [-0.2, 0) is 4.43 Å². The molecule has 1 fully saturated rings. The minimum atomic E-state index is -1.23. The van der Waals surface area contributed by atoms with E-state index in [0.717, 1.165) is 12.5 Å². The van der Waals surface area contributed by atoms with Gasteiger partial charge >= 0.3 is 0 Å². The molecule has 1 aliphatic rings. The first-order valence-electron chi connectivity index (χ1n) is 5.22. The number of hydrogen-bond acceptors (Lipinski definition) is 1. The molecule has 1 rings (SSSR count). The lowest BCUT2D eigenvalue weighted by atomic mass is 10.1. The van der Waals surface area contributed by atoms with Gasteiger partial charge in [0.1, 0.15) is 0 Å². The van der Waals surface area contributed by atoms with Gasteiger partial charge in [-0.2, -0.15) is 0 Å². The molecule has 1 saturated carbocycles. The molecule has 0 aromatic carbocycles. The molecule has 0 radical (unpaired) electrons. The smallest absolute Gasteiger partial charge is 0.183 e. The molecular weight excluding hydrogens is 164 g/mol. The first-order valence-corrected chi connectivity index (χ1v) is 8.63. The summed E-state index contributed by atoms with van der Waals surface area (Å²) in [5.41, 5.74) is 0. The van der Waals surface area contributed by atoms with Crippen molar-refractivity contribution >= 4 is 8.32 Å². The van der Waals surface area contributed by atoms with Gasteiger partial charge in [0.2, 0.25) is 0 Å². The fraction of sp³-hybridized carbons (Fsp3) is 1.00. The average molecular weight is 186 g/mol. The van der Waals surface area contributed by atoms with Crippen molar-refractivity contribution in [3.8, 4) is 0 Å². The van der Waals surface area contributed by atoms with Crippen molar-refractivity contribution in [3.05, 3.63) is 0 Å². The topological polar surface area (TPSA) is 9.23 Å². The highest BCUT2D eigenvalue weighted by atomic mass is 28.4. The molecule has 2 heteroatoms. The predicted molar refractivity (Wildman–Crippen MR) is 55.9 cm³/mol. The third-order valence-electron chi connectivity index (χ3n) is 2.54. The van der Waals surface area contributed by atoms with Crippen molar-refractivity contribution in [3.63, 3.8) is 0 Å². The Balaban J connectivity index is 2.02. The van der Waals surface area contributed by atoms with Gasteiger partial charge in [0.15, 0.2) is 8.32 Å². The molecule has 1 nitrogen and oxygen atoms in total. The Morgan fingerprint density at radius 3 is 2.25 bits per heavy atom. The molecule has 12 heavy (non-hydrogen) atoms. The second kappa shape index (κ2) is 4.42. The summed E-state index contributed by atoms with van der Waals surface area (Å²) in [6, 6.07) is 0. The largest absolute Gasteiger partial charge is 0.418 e. The molecule has 0 atom stereocenters.